The minimum Gasteiger partial charge on any atom is -0.444 e. The van der Waals surface area contributed by atoms with E-state index in [0.717, 1.165) is 64.6 Å². The maximum absolute atomic E-state index is 12.0. The zero-order valence-electron chi connectivity index (χ0n) is 14.3. The van der Waals surface area contributed by atoms with Crippen LogP contribution in [0, 0.1) is 5.92 Å². The van der Waals surface area contributed by atoms with Gasteiger partial charge in [0.2, 0.25) is 0 Å². The first kappa shape index (κ1) is 17.5. The molecule has 1 N–H and O–H groups in total. The van der Waals surface area contributed by atoms with Gasteiger partial charge in [0.1, 0.15) is 5.60 Å². The summed E-state index contributed by atoms with van der Waals surface area (Å²) in [5.41, 5.74) is -0.422. The van der Waals surface area contributed by atoms with E-state index in [1.807, 2.05) is 25.7 Å². The number of aliphatic hydroxyl groups is 1. The molecule has 22 heavy (non-hydrogen) atoms. The number of piperazine rings is 1. The summed E-state index contributed by atoms with van der Waals surface area (Å²) in [6.45, 7) is 12.4. The van der Waals surface area contributed by atoms with Gasteiger partial charge in [-0.3, -0.25) is 9.80 Å². The van der Waals surface area contributed by atoms with E-state index in [1.165, 1.54) is 0 Å². The van der Waals surface area contributed by atoms with Crippen molar-refractivity contribution in [3.63, 3.8) is 0 Å². The maximum atomic E-state index is 12.0. The van der Waals surface area contributed by atoms with Crippen molar-refractivity contribution < 1.29 is 14.6 Å². The molecular formula is C16H31N3O3. The SMILES string of the molecule is CC(C)(C)OC(=O)N1CCN(CC2CCN(CO)CC2)CC1. The molecule has 0 spiro atoms. The molecule has 128 valence electrons. The highest BCUT2D eigenvalue weighted by Crippen LogP contribution is 2.19. The van der Waals surface area contributed by atoms with Crippen LogP contribution in [0.4, 0.5) is 4.79 Å². The van der Waals surface area contributed by atoms with Gasteiger partial charge in [-0.05, 0) is 39.5 Å². The van der Waals surface area contributed by atoms with Crippen LogP contribution in [0.2, 0.25) is 0 Å². The summed E-state index contributed by atoms with van der Waals surface area (Å²) in [7, 11) is 0. The molecule has 2 fully saturated rings. The molecule has 0 atom stereocenters. The fourth-order valence-electron chi connectivity index (χ4n) is 3.12. The molecule has 2 heterocycles. The predicted molar refractivity (Wildman–Crippen MR) is 85.6 cm³/mol. The lowest BCUT2D eigenvalue weighted by molar-refractivity contribution is 0.0112. The Morgan fingerprint density at radius 2 is 1.64 bits per heavy atom. The molecular weight excluding hydrogens is 282 g/mol. The average Bonchev–Trinajstić information content (AvgIpc) is 2.47. The summed E-state index contributed by atoms with van der Waals surface area (Å²) in [6.07, 6.45) is 2.13. The fraction of sp³-hybridized carbons (Fsp3) is 0.938. The summed E-state index contributed by atoms with van der Waals surface area (Å²) in [4.78, 5) is 18.4. The monoisotopic (exact) mass is 313 g/mol. The van der Waals surface area contributed by atoms with Crippen LogP contribution in [-0.2, 0) is 4.74 Å². The lowest BCUT2D eigenvalue weighted by atomic mass is 9.96. The average molecular weight is 313 g/mol. The third kappa shape index (κ3) is 5.41. The van der Waals surface area contributed by atoms with Gasteiger partial charge in [-0.25, -0.2) is 4.79 Å². The van der Waals surface area contributed by atoms with Gasteiger partial charge in [0.25, 0.3) is 0 Å². The topological polar surface area (TPSA) is 56.2 Å². The number of amides is 1. The van der Waals surface area contributed by atoms with Gasteiger partial charge in [0.05, 0.1) is 6.73 Å². The number of hydrogen-bond donors (Lipinski definition) is 1. The zero-order valence-corrected chi connectivity index (χ0v) is 14.3. The molecule has 1 amide bonds. The first-order valence-corrected chi connectivity index (χ1v) is 8.41. The summed E-state index contributed by atoms with van der Waals surface area (Å²) in [6, 6.07) is 0. The largest absolute Gasteiger partial charge is 0.444 e. The van der Waals surface area contributed by atoms with Crippen LogP contribution in [0.3, 0.4) is 0 Å². The third-order valence-electron chi connectivity index (χ3n) is 4.45. The normalized spacial score (nSPS) is 22.8. The molecule has 0 saturated carbocycles. The number of carbonyl (C=O) groups excluding carboxylic acids is 1. The Kier molecular flexibility index (Phi) is 6.06. The number of rotatable bonds is 3. The Morgan fingerprint density at radius 1 is 1.05 bits per heavy atom. The van der Waals surface area contributed by atoms with Crippen molar-refractivity contribution in [2.45, 2.75) is 39.2 Å². The molecule has 2 aliphatic heterocycles. The molecule has 2 rings (SSSR count). The fourth-order valence-corrected chi connectivity index (χ4v) is 3.12. The van der Waals surface area contributed by atoms with Crippen LogP contribution >= 0.6 is 0 Å². The van der Waals surface area contributed by atoms with Crippen molar-refractivity contribution >= 4 is 6.09 Å². The number of ether oxygens (including phenoxy) is 1. The lowest BCUT2D eigenvalue weighted by Crippen LogP contribution is -2.51. The number of likely N-dealkylation sites (tertiary alicyclic amines) is 1. The number of aliphatic hydroxyl groups excluding tert-OH is 1. The van der Waals surface area contributed by atoms with E-state index < -0.39 is 5.60 Å². The summed E-state index contributed by atoms with van der Waals surface area (Å²) in [5.74, 6) is 0.718. The van der Waals surface area contributed by atoms with Crippen molar-refractivity contribution in [3.8, 4) is 0 Å². The zero-order chi connectivity index (χ0) is 16.2. The minimum absolute atomic E-state index is 0.182. The van der Waals surface area contributed by atoms with Crippen LogP contribution in [0.5, 0.6) is 0 Å². The summed E-state index contributed by atoms with van der Waals surface area (Å²) in [5, 5.41) is 9.13. The second-order valence-corrected chi connectivity index (χ2v) is 7.47. The molecule has 0 aliphatic carbocycles. The molecule has 0 bridgehead atoms. The molecule has 2 saturated heterocycles. The summed E-state index contributed by atoms with van der Waals surface area (Å²) >= 11 is 0. The number of piperidine rings is 1. The Bertz CT molecular complexity index is 354. The third-order valence-corrected chi connectivity index (χ3v) is 4.45. The minimum atomic E-state index is -0.422. The smallest absolute Gasteiger partial charge is 0.410 e. The number of nitrogens with zero attached hydrogens (tertiary/aromatic N) is 3. The van der Waals surface area contributed by atoms with E-state index >= 15 is 0 Å². The highest BCUT2D eigenvalue weighted by Gasteiger charge is 2.27. The molecule has 0 unspecified atom stereocenters. The van der Waals surface area contributed by atoms with Crippen molar-refractivity contribution in [3.05, 3.63) is 0 Å². The van der Waals surface area contributed by atoms with Gasteiger partial charge in [0, 0.05) is 45.8 Å². The van der Waals surface area contributed by atoms with Gasteiger partial charge < -0.3 is 14.7 Å². The van der Waals surface area contributed by atoms with Crippen molar-refractivity contribution in [2.24, 2.45) is 5.92 Å². The van der Waals surface area contributed by atoms with Crippen molar-refractivity contribution in [1.29, 1.82) is 0 Å². The van der Waals surface area contributed by atoms with Crippen LogP contribution in [0.15, 0.2) is 0 Å². The Balaban J connectivity index is 1.68. The molecule has 2 aliphatic rings. The summed E-state index contributed by atoms with van der Waals surface area (Å²) < 4.78 is 5.43. The lowest BCUT2D eigenvalue weighted by Gasteiger charge is -2.38. The first-order valence-electron chi connectivity index (χ1n) is 8.41. The molecule has 0 radical (unpaired) electrons. The van der Waals surface area contributed by atoms with Crippen molar-refractivity contribution in [2.75, 3.05) is 52.5 Å². The van der Waals surface area contributed by atoms with Gasteiger partial charge in [-0.15, -0.1) is 0 Å². The van der Waals surface area contributed by atoms with E-state index in [4.69, 9.17) is 9.84 Å². The molecule has 0 aromatic carbocycles. The first-order chi connectivity index (χ1) is 10.4. The maximum Gasteiger partial charge on any atom is 0.410 e. The standard InChI is InChI=1S/C16H31N3O3/c1-16(2,3)22-15(21)19-10-8-17(9-11-19)12-14-4-6-18(13-20)7-5-14/h14,20H,4-13H2,1-3H3. The molecule has 6 nitrogen and oxygen atoms in total. The molecule has 0 aromatic rings. The van der Waals surface area contributed by atoms with Gasteiger partial charge in [-0.1, -0.05) is 0 Å². The highest BCUT2D eigenvalue weighted by molar-refractivity contribution is 5.68. The van der Waals surface area contributed by atoms with Crippen molar-refractivity contribution in [1.82, 2.24) is 14.7 Å². The van der Waals surface area contributed by atoms with E-state index in [1.54, 1.807) is 0 Å². The van der Waals surface area contributed by atoms with Crippen LogP contribution in [0.1, 0.15) is 33.6 Å². The Morgan fingerprint density at radius 3 is 2.14 bits per heavy atom. The van der Waals surface area contributed by atoms with E-state index in [-0.39, 0.29) is 12.8 Å². The van der Waals surface area contributed by atoms with Gasteiger partial charge >= 0.3 is 6.09 Å². The van der Waals surface area contributed by atoms with Crippen LogP contribution in [-0.4, -0.2) is 84.0 Å². The Labute approximate surface area is 134 Å². The predicted octanol–water partition coefficient (Wildman–Crippen LogP) is 1.20. The quantitative estimate of drug-likeness (QED) is 0.848. The second-order valence-electron chi connectivity index (χ2n) is 7.47. The van der Waals surface area contributed by atoms with Gasteiger partial charge in [-0.2, -0.15) is 0 Å². The van der Waals surface area contributed by atoms with Crippen LogP contribution < -0.4 is 0 Å². The second kappa shape index (κ2) is 7.62. The van der Waals surface area contributed by atoms with E-state index in [2.05, 4.69) is 9.80 Å². The molecule has 6 heteroatoms. The van der Waals surface area contributed by atoms with E-state index in [9.17, 15) is 4.79 Å². The Hall–Kier alpha value is -0.850. The van der Waals surface area contributed by atoms with Crippen LogP contribution in [0.25, 0.3) is 0 Å². The van der Waals surface area contributed by atoms with E-state index in [0.29, 0.717) is 0 Å². The number of carbonyl (C=O) groups is 1. The van der Waals surface area contributed by atoms with Gasteiger partial charge in [0.15, 0.2) is 0 Å². The molecule has 0 aromatic heterocycles. The highest BCUT2D eigenvalue weighted by atomic mass is 16.6. The number of hydrogen-bond acceptors (Lipinski definition) is 5.